The quantitative estimate of drug-likeness (QED) is 0.741. The summed E-state index contributed by atoms with van der Waals surface area (Å²) >= 11 is 0. The maximum absolute atomic E-state index is 10.3. The zero-order valence-corrected chi connectivity index (χ0v) is 13.7. The number of aromatic nitrogens is 4. The van der Waals surface area contributed by atoms with Crippen molar-refractivity contribution in [1.82, 2.24) is 25.3 Å². The lowest BCUT2D eigenvalue weighted by Crippen LogP contribution is -2.16. The molecule has 0 radical (unpaired) electrons. The van der Waals surface area contributed by atoms with Gasteiger partial charge < -0.3 is 15.2 Å². The number of nitrogens with zero attached hydrogens (tertiary/aromatic N) is 4. The number of aromatic hydroxyl groups is 1. The zero-order chi connectivity index (χ0) is 17.1. The third kappa shape index (κ3) is 3.46. The average molecular weight is 337 g/mol. The zero-order valence-electron chi connectivity index (χ0n) is 13.7. The predicted octanol–water partition coefficient (Wildman–Crippen LogP) is 2.02. The first-order valence-corrected chi connectivity index (χ1v) is 8.30. The molecular weight excluding hydrogens is 318 g/mol. The van der Waals surface area contributed by atoms with E-state index in [1.54, 1.807) is 35.1 Å². The first kappa shape index (κ1) is 15.6. The van der Waals surface area contributed by atoms with Crippen LogP contribution in [0.5, 0.6) is 11.6 Å². The fourth-order valence-electron chi connectivity index (χ4n) is 2.90. The van der Waals surface area contributed by atoms with E-state index in [2.05, 4.69) is 20.6 Å². The summed E-state index contributed by atoms with van der Waals surface area (Å²) in [4.78, 5) is 0. The molecule has 0 saturated carbocycles. The maximum atomic E-state index is 10.3. The van der Waals surface area contributed by atoms with Crippen molar-refractivity contribution in [3.8, 4) is 28.6 Å². The van der Waals surface area contributed by atoms with Gasteiger partial charge in [0, 0.05) is 42.6 Å². The van der Waals surface area contributed by atoms with Gasteiger partial charge in [-0.05, 0) is 37.2 Å². The Morgan fingerprint density at radius 2 is 2.20 bits per heavy atom. The predicted molar refractivity (Wildman–Crippen MR) is 92.7 cm³/mol. The minimum absolute atomic E-state index is 0.132. The molecule has 1 aromatic carbocycles. The summed E-state index contributed by atoms with van der Waals surface area (Å²) in [5.74, 6) is 1.16. The highest BCUT2D eigenvalue weighted by atomic mass is 16.5. The van der Waals surface area contributed by atoms with E-state index in [1.807, 2.05) is 18.3 Å². The van der Waals surface area contributed by atoms with Crippen molar-refractivity contribution in [2.45, 2.75) is 6.42 Å². The number of phenolic OH excluding ortho intramolecular Hbond substituents is 1. The van der Waals surface area contributed by atoms with Gasteiger partial charge in [-0.1, -0.05) is 0 Å². The number of ether oxygens (including phenoxy) is 1. The molecule has 1 saturated heterocycles. The van der Waals surface area contributed by atoms with Gasteiger partial charge in [0.25, 0.3) is 0 Å². The van der Waals surface area contributed by atoms with Crippen molar-refractivity contribution in [3.63, 3.8) is 0 Å². The summed E-state index contributed by atoms with van der Waals surface area (Å²) < 4.78 is 7.38. The van der Waals surface area contributed by atoms with Crippen molar-refractivity contribution >= 4 is 0 Å². The molecule has 1 fully saturated rings. The van der Waals surface area contributed by atoms with Gasteiger partial charge in [0.2, 0.25) is 5.88 Å². The molecule has 25 heavy (non-hydrogen) atoms. The van der Waals surface area contributed by atoms with E-state index in [4.69, 9.17) is 4.74 Å². The van der Waals surface area contributed by atoms with E-state index in [0.29, 0.717) is 29.7 Å². The van der Waals surface area contributed by atoms with Crippen LogP contribution < -0.4 is 10.1 Å². The maximum Gasteiger partial charge on any atom is 0.233 e. The van der Waals surface area contributed by atoms with Crippen LogP contribution in [0.4, 0.5) is 0 Å². The van der Waals surface area contributed by atoms with Gasteiger partial charge in [0.05, 0.1) is 18.0 Å². The number of benzene rings is 1. The van der Waals surface area contributed by atoms with E-state index in [9.17, 15) is 5.11 Å². The molecular formula is C18H19N5O2. The van der Waals surface area contributed by atoms with Gasteiger partial charge in [0.1, 0.15) is 5.75 Å². The van der Waals surface area contributed by atoms with Gasteiger partial charge in [-0.3, -0.25) is 0 Å². The number of nitrogens with one attached hydrogen (secondary N) is 1. The van der Waals surface area contributed by atoms with Gasteiger partial charge in [-0.25, -0.2) is 4.68 Å². The molecule has 0 spiro atoms. The molecule has 1 aliphatic heterocycles. The number of hydrogen-bond acceptors (Lipinski definition) is 6. The SMILES string of the molecule is Oc1cc(-n2cccn2)ccc1-c1ccc(OC[C@@H]2CCNC2)nn1. The van der Waals surface area contributed by atoms with Gasteiger partial charge >= 0.3 is 0 Å². The van der Waals surface area contributed by atoms with Crippen LogP contribution in [0.15, 0.2) is 48.8 Å². The molecule has 7 heteroatoms. The van der Waals surface area contributed by atoms with E-state index >= 15 is 0 Å². The molecule has 0 unspecified atom stereocenters. The summed E-state index contributed by atoms with van der Waals surface area (Å²) in [6.07, 6.45) is 4.64. The smallest absolute Gasteiger partial charge is 0.233 e. The van der Waals surface area contributed by atoms with Crippen LogP contribution in [-0.4, -0.2) is 44.8 Å². The summed E-state index contributed by atoms with van der Waals surface area (Å²) in [5, 5.41) is 26.1. The summed E-state index contributed by atoms with van der Waals surface area (Å²) in [7, 11) is 0. The highest BCUT2D eigenvalue weighted by Gasteiger charge is 2.15. The van der Waals surface area contributed by atoms with E-state index in [1.165, 1.54) is 0 Å². The van der Waals surface area contributed by atoms with E-state index < -0.39 is 0 Å². The van der Waals surface area contributed by atoms with Crippen LogP contribution in [0.2, 0.25) is 0 Å². The molecule has 4 rings (SSSR count). The van der Waals surface area contributed by atoms with Crippen LogP contribution in [0.1, 0.15) is 6.42 Å². The summed E-state index contributed by atoms with van der Waals surface area (Å²) in [5.41, 5.74) is 2.00. The second kappa shape index (κ2) is 6.90. The molecule has 3 aromatic rings. The highest BCUT2D eigenvalue weighted by Crippen LogP contribution is 2.29. The van der Waals surface area contributed by atoms with Crippen molar-refractivity contribution in [3.05, 3.63) is 48.8 Å². The normalized spacial score (nSPS) is 16.9. The van der Waals surface area contributed by atoms with Crippen LogP contribution in [0, 0.1) is 5.92 Å². The highest BCUT2D eigenvalue weighted by molar-refractivity contribution is 5.68. The Hall–Kier alpha value is -2.93. The Bertz CT molecular complexity index is 827. The van der Waals surface area contributed by atoms with Crippen LogP contribution in [-0.2, 0) is 0 Å². The van der Waals surface area contributed by atoms with Crippen molar-refractivity contribution in [1.29, 1.82) is 0 Å². The topological polar surface area (TPSA) is 85.1 Å². The molecule has 7 nitrogen and oxygen atoms in total. The molecule has 3 heterocycles. The minimum Gasteiger partial charge on any atom is -0.507 e. The lowest BCUT2D eigenvalue weighted by atomic mass is 10.1. The van der Waals surface area contributed by atoms with Crippen LogP contribution >= 0.6 is 0 Å². The summed E-state index contributed by atoms with van der Waals surface area (Å²) in [6.45, 7) is 2.68. The first-order valence-electron chi connectivity index (χ1n) is 8.30. The Morgan fingerprint density at radius 1 is 1.24 bits per heavy atom. The molecule has 1 aliphatic rings. The Kier molecular flexibility index (Phi) is 4.30. The lowest BCUT2D eigenvalue weighted by molar-refractivity contribution is 0.248. The number of rotatable bonds is 5. The fourth-order valence-corrected chi connectivity index (χ4v) is 2.90. The van der Waals surface area contributed by atoms with Gasteiger partial charge in [-0.15, -0.1) is 10.2 Å². The minimum atomic E-state index is 0.132. The summed E-state index contributed by atoms with van der Waals surface area (Å²) in [6, 6.07) is 10.8. The third-order valence-corrected chi connectivity index (χ3v) is 4.30. The number of phenols is 1. The first-order chi connectivity index (χ1) is 12.3. The van der Waals surface area contributed by atoms with Crippen molar-refractivity contribution < 1.29 is 9.84 Å². The van der Waals surface area contributed by atoms with E-state index in [0.717, 1.165) is 25.2 Å². The van der Waals surface area contributed by atoms with Gasteiger partial charge in [-0.2, -0.15) is 5.10 Å². The van der Waals surface area contributed by atoms with E-state index in [-0.39, 0.29) is 5.75 Å². The molecule has 0 aliphatic carbocycles. The standard InChI is InChI=1S/C18H19N5O2/c24-17-10-14(23-9-1-7-20-23)2-3-15(17)16-4-5-18(22-21-16)25-12-13-6-8-19-11-13/h1-5,7,9-10,13,19,24H,6,8,11-12H2/t13-/m1/s1. The average Bonchev–Trinajstić information content (AvgIpc) is 3.34. The van der Waals surface area contributed by atoms with Gasteiger partial charge in [0.15, 0.2) is 0 Å². The molecule has 2 aromatic heterocycles. The molecule has 2 N–H and O–H groups in total. The Morgan fingerprint density at radius 3 is 2.88 bits per heavy atom. The molecule has 0 bridgehead atoms. The van der Waals surface area contributed by atoms with Crippen molar-refractivity contribution in [2.75, 3.05) is 19.7 Å². The van der Waals surface area contributed by atoms with Crippen LogP contribution in [0.25, 0.3) is 16.9 Å². The second-order valence-corrected chi connectivity index (χ2v) is 6.08. The molecule has 0 amide bonds. The largest absolute Gasteiger partial charge is 0.507 e. The van der Waals surface area contributed by atoms with Crippen molar-refractivity contribution in [2.24, 2.45) is 5.92 Å². The molecule has 1 atom stereocenters. The number of hydrogen-bond donors (Lipinski definition) is 2. The second-order valence-electron chi connectivity index (χ2n) is 6.08. The monoisotopic (exact) mass is 337 g/mol. The Labute approximate surface area is 145 Å². The fraction of sp³-hybridized carbons (Fsp3) is 0.278. The third-order valence-electron chi connectivity index (χ3n) is 4.30. The Balaban J connectivity index is 1.47. The van der Waals surface area contributed by atoms with Crippen LogP contribution in [0.3, 0.4) is 0 Å². The molecule has 128 valence electrons. The lowest BCUT2D eigenvalue weighted by Gasteiger charge is -2.10.